The van der Waals surface area contributed by atoms with Gasteiger partial charge in [0.1, 0.15) is 0 Å². The van der Waals surface area contributed by atoms with Gasteiger partial charge in [-0.05, 0) is 63.0 Å². The lowest BCUT2D eigenvalue weighted by atomic mass is 9.95. The third kappa shape index (κ3) is 4.90. The summed E-state index contributed by atoms with van der Waals surface area (Å²) >= 11 is 0. The third-order valence-corrected chi connectivity index (χ3v) is 5.31. The molecule has 150 valence electrons. The van der Waals surface area contributed by atoms with Crippen LogP contribution in [0, 0.1) is 19.8 Å². The predicted octanol–water partition coefficient (Wildman–Crippen LogP) is 4.20. The fraction of sp³-hybridized carbons (Fsp3) is 0.348. The van der Waals surface area contributed by atoms with Gasteiger partial charge in [-0.25, -0.2) is 0 Å². The Kier molecular flexibility index (Phi) is 5.71. The van der Waals surface area contributed by atoms with Gasteiger partial charge in [0, 0.05) is 17.2 Å². The largest absolute Gasteiger partial charge is 0.338 e. The van der Waals surface area contributed by atoms with Gasteiger partial charge in [0.25, 0.3) is 0 Å². The van der Waals surface area contributed by atoms with Gasteiger partial charge >= 0.3 is 0 Å². The van der Waals surface area contributed by atoms with Crippen molar-refractivity contribution in [1.29, 1.82) is 0 Å². The van der Waals surface area contributed by atoms with E-state index in [2.05, 4.69) is 26.4 Å². The highest BCUT2D eigenvalue weighted by molar-refractivity contribution is 5.92. The lowest BCUT2D eigenvalue weighted by Gasteiger charge is -2.30. The molecule has 1 aliphatic heterocycles. The number of likely N-dealkylation sites (tertiary alicyclic amines) is 1. The second kappa shape index (κ2) is 8.57. The molecule has 2 heterocycles. The summed E-state index contributed by atoms with van der Waals surface area (Å²) in [6.07, 6.45) is 1.66. The van der Waals surface area contributed by atoms with Crippen molar-refractivity contribution in [2.24, 2.45) is 5.92 Å². The molecule has 2 aromatic carbocycles. The molecular weight excluding hydrogens is 364 g/mol. The summed E-state index contributed by atoms with van der Waals surface area (Å²) < 4.78 is 5.42. The number of hydrogen-bond donors (Lipinski definition) is 1. The van der Waals surface area contributed by atoms with Crippen molar-refractivity contribution in [2.45, 2.75) is 33.2 Å². The summed E-state index contributed by atoms with van der Waals surface area (Å²) in [5, 5.41) is 7.16. The number of carbonyl (C=O) groups is 1. The van der Waals surface area contributed by atoms with E-state index in [0.29, 0.717) is 18.3 Å². The molecule has 1 amide bonds. The number of carbonyl (C=O) groups excluding carboxylic acids is 1. The molecule has 1 saturated heterocycles. The topological polar surface area (TPSA) is 71.3 Å². The first kappa shape index (κ1) is 19.3. The number of nitrogens with one attached hydrogen (secondary N) is 1. The zero-order valence-corrected chi connectivity index (χ0v) is 16.9. The number of aromatic nitrogens is 2. The van der Waals surface area contributed by atoms with E-state index in [4.69, 9.17) is 4.52 Å². The Bertz CT molecular complexity index is 955. The summed E-state index contributed by atoms with van der Waals surface area (Å²) in [6, 6.07) is 15.9. The molecule has 1 fully saturated rings. The molecule has 1 aromatic heterocycles. The Morgan fingerprint density at radius 3 is 2.48 bits per heavy atom. The average molecular weight is 390 g/mol. The maximum Gasteiger partial charge on any atom is 0.241 e. The van der Waals surface area contributed by atoms with Crippen LogP contribution < -0.4 is 5.32 Å². The molecule has 1 aliphatic rings. The van der Waals surface area contributed by atoms with Gasteiger partial charge < -0.3 is 9.84 Å². The number of benzene rings is 2. The summed E-state index contributed by atoms with van der Waals surface area (Å²) in [4.78, 5) is 19.4. The van der Waals surface area contributed by atoms with Crippen LogP contribution in [0.15, 0.2) is 53.1 Å². The molecule has 0 radical (unpaired) electrons. The first-order valence-electron chi connectivity index (χ1n) is 10.1. The number of anilines is 1. The molecule has 6 heteroatoms. The second-order valence-corrected chi connectivity index (χ2v) is 7.79. The molecule has 0 saturated carbocycles. The number of nitrogens with zero attached hydrogens (tertiary/aromatic N) is 3. The first-order valence-corrected chi connectivity index (χ1v) is 10.1. The minimum atomic E-state index is 0.0367. The Morgan fingerprint density at radius 1 is 1.10 bits per heavy atom. The Morgan fingerprint density at radius 2 is 1.79 bits per heavy atom. The monoisotopic (exact) mass is 390 g/mol. The number of aryl methyl sites for hydroxylation is 2. The number of rotatable bonds is 5. The zero-order valence-electron chi connectivity index (χ0n) is 16.9. The number of hydrogen-bond acceptors (Lipinski definition) is 5. The quantitative estimate of drug-likeness (QED) is 0.707. The molecule has 0 spiro atoms. The van der Waals surface area contributed by atoms with Crippen molar-refractivity contribution in [1.82, 2.24) is 15.0 Å². The van der Waals surface area contributed by atoms with Crippen LogP contribution in [-0.2, 0) is 11.3 Å². The zero-order chi connectivity index (χ0) is 20.2. The van der Waals surface area contributed by atoms with Crippen LogP contribution in [0.1, 0.15) is 29.9 Å². The Labute approximate surface area is 170 Å². The van der Waals surface area contributed by atoms with Crippen LogP contribution in [0.4, 0.5) is 5.69 Å². The molecule has 0 unspecified atom stereocenters. The van der Waals surface area contributed by atoms with Gasteiger partial charge in [0.15, 0.2) is 0 Å². The van der Waals surface area contributed by atoms with E-state index in [9.17, 15) is 4.79 Å². The van der Waals surface area contributed by atoms with Crippen molar-refractivity contribution in [2.75, 3.05) is 18.4 Å². The van der Waals surface area contributed by atoms with Crippen LogP contribution in [0.2, 0.25) is 0 Å². The average Bonchev–Trinajstić information content (AvgIpc) is 3.17. The maximum absolute atomic E-state index is 12.6. The molecule has 4 rings (SSSR count). The highest BCUT2D eigenvalue weighted by atomic mass is 16.5. The van der Waals surface area contributed by atoms with E-state index in [1.54, 1.807) is 0 Å². The number of piperidine rings is 1. The van der Waals surface area contributed by atoms with Gasteiger partial charge in [-0.2, -0.15) is 4.98 Å². The van der Waals surface area contributed by atoms with E-state index in [1.807, 2.05) is 56.3 Å². The molecule has 3 aromatic rings. The van der Waals surface area contributed by atoms with E-state index < -0.39 is 0 Å². The van der Waals surface area contributed by atoms with Gasteiger partial charge in [-0.3, -0.25) is 9.69 Å². The lowest BCUT2D eigenvalue weighted by Crippen LogP contribution is -2.37. The van der Waals surface area contributed by atoms with E-state index in [0.717, 1.165) is 48.3 Å². The van der Waals surface area contributed by atoms with Crippen molar-refractivity contribution in [3.63, 3.8) is 0 Å². The van der Waals surface area contributed by atoms with Gasteiger partial charge in [-0.1, -0.05) is 41.6 Å². The minimum Gasteiger partial charge on any atom is -0.338 e. The highest BCUT2D eigenvalue weighted by Gasteiger charge is 2.26. The Hall–Kier alpha value is -2.99. The van der Waals surface area contributed by atoms with Crippen LogP contribution in [0.25, 0.3) is 11.4 Å². The van der Waals surface area contributed by atoms with Gasteiger partial charge in [-0.15, -0.1) is 0 Å². The molecule has 29 heavy (non-hydrogen) atoms. The van der Waals surface area contributed by atoms with E-state index >= 15 is 0 Å². The van der Waals surface area contributed by atoms with E-state index in [-0.39, 0.29) is 11.8 Å². The maximum atomic E-state index is 12.6. The first-order chi connectivity index (χ1) is 14.1. The summed E-state index contributed by atoms with van der Waals surface area (Å²) in [5.41, 5.74) is 4.15. The van der Waals surface area contributed by atoms with Crippen LogP contribution >= 0.6 is 0 Å². The standard InChI is InChI=1S/C23H26N4O2/c1-16-12-17(2)14-20(13-16)24-23(28)19-8-10-27(11-9-19)15-21-25-22(26-29-21)18-6-4-3-5-7-18/h3-7,12-14,19H,8-11,15H2,1-2H3,(H,24,28). The normalized spacial score (nSPS) is 15.4. The van der Waals surface area contributed by atoms with Crippen molar-refractivity contribution < 1.29 is 9.32 Å². The molecule has 0 bridgehead atoms. The van der Waals surface area contributed by atoms with Crippen molar-refractivity contribution in [3.8, 4) is 11.4 Å². The summed E-state index contributed by atoms with van der Waals surface area (Å²) in [6.45, 7) is 6.39. The molecule has 0 aliphatic carbocycles. The SMILES string of the molecule is Cc1cc(C)cc(NC(=O)C2CCN(Cc3nc(-c4ccccc4)no3)CC2)c1. The van der Waals surface area contributed by atoms with Crippen molar-refractivity contribution in [3.05, 3.63) is 65.5 Å². The van der Waals surface area contributed by atoms with Crippen LogP contribution in [0.5, 0.6) is 0 Å². The summed E-state index contributed by atoms with van der Waals surface area (Å²) in [7, 11) is 0. The van der Waals surface area contributed by atoms with Gasteiger partial charge in [0.05, 0.1) is 6.54 Å². The minimum absolute atomic E-state index is 0.0367. The summed E-state index contributed by atoms with van der Waals surface area (Å²) in [5.74, 6) is 1.37. The highest BCUT2D eigenvalue weighted by Crippen LogP contribution is 2.22. The lowest BCUT2D eigenvalue weighted by molar-refractivity contribution is -0.121. The second-order valence-electron chi connectivity index (χ2n) is 7.79. The number of amides is 1. The third-order valence-electron chi connectivity index (χ3n) is 5.31. The van der Waals surface area contributed by atoms with E-state index in [1.165, 1.54) is 0 Å². The van der Waals surface area contributed by atoms with Gasteiger partial charge in [0.2, 0.25) is 17.6 Å². The predicted molar refractivity (Wildman–Crippen MR) is 112 cm³/mol. The van der Waals surface area contributed by atoms with Crippen LogP contribution in [-0.4, -0.2) is 34.0 Å². The van der Waals surface area contributed by atoms with Crippen molar-refractivity contribution >= 4 is 11.6 Å². The fourth-order valence-electron chi connectivity index (χ4n) is 3.86. The molecule has 6 nitrogen and oxygen atoms in total. The smallest absolute Gasteiger partial charge is 0.241 e. The fourth-order valence-corrected chi connectivity index (χ4v) is 3.86. The molecule has 1 N–H and O–H groups in total. The van der Waals surface area contributed by atoms with Crippen LogP contribution in [0.3, 0.4) is 0 Å². The molecule has 0 atom stereocenters. The Balaban J connectivity index is 1.29. The molecular formula is C23H26N4O2.